The molecule has 0 saturated carbocycles. The third-order valence-corrected chi connectivity index (χ3v) is 7.09. The molecule has 174 valence electrons. The quantitative estimate of drug-likeness (QED) is 0.373. The lowest BCUT2D eigenvalue weighted by atomic mass is 9.95. The number of rotatable bonds is 5. The van der Waals surface area contributed by atoms with Gasteiger partial charge in [-0.15, -0.1) is 11.3 Å². The maximum atomic E-state index is 13.9. The van der Waals surface area contributed by atoms with Crippen molar-refractivity contribution in [3.8, 4) is 16.3 Å². The summed E-state index contributed by atoms with van der Waals surface area (Å²) in [5, 5.41) is 22.2. The number of carbonyl (C=O) groups is 2. The average Bonchev–Trinajstić information content (AvgIpc) is 3.39. The van der Waals surface area contributed by atoms with Gasteiger partial charge in [0.15, 0.2) is 5.76 Å². The summed E-state index contributed by atoms with van der Waals surface area (Å²) < 4.78 is 0. The third kappa shape index (κ3) is 3.87. The number of aromatic hydroxyl groups is 1. The van der Waals surface area contributed by atoms with E-state index in [1.54, 1.807) is 43.6 Å². The third-order valence-electron chi connectivity index (χ3n) is 5.89. The van der Waals surface area contributed by atoms with Crippen LogP contribution in [0.15, 0.2) is 84.4 Å². The lowest BCUT2D eigenvalue weighted by Gasteiger charge is -2.27. The van der Waals surface area contributed by atoms with E-state index >= 15 is 0 Å². The van der Waals surface area contributed by atoms with Crippen LogP contribution in [0.4, 0.5) is 5.69 Å². The summed E-state index contributed by atoms with van der Waals surface area (Å²) in [6, 6.07) is 16.8. The molecular formula is C27H21N3O4S. The molecule has 0 radical (unpaired) electrons. The number of Topliss-reactive ketones (excluding diaryl/α,β-unsaturated/α-hetero) is 1. The second kappa shape index (κ2) is 8.81. The van der Waals surface area contributed by atoms with Gasteiger partial charge in [-0.2, -0.15) is 0 Å². The standard InChI is InChI=1S/C27H21N3O4S/c1-15-8-9-20(31)19(14-15)30-22(17-10-12-28-13-11-17)21(24(33)27(30)34)23(32)25-16(2)29-26(35-25)18-6-4-3-5-7-18/h3-14,22,31,33H,1-2H3. The molecule has 2 aromatic carbocycles. The highest BCUT2D eigenvalue weighted by atomic mass is 32.1. The number of anilines is 1. The van der Waals surface area contributed by atoms with Gasteiger partial charge in [-0.25, -0.2) is 4.98 Å². The van der Waals surface area contributed by atoms with Crippen LogP contribution in [0.2, 0.25) is 0 Å². The zero-order valence-electron chi connectivity index (χ0n) is 19.0. The van der Waals surface area contributed by atoms with Crippen molar-refractivity contribution in [2.24, 2.45) is 0 Å². The first-order valence-corrected chi connectivity index (χ1v) is 11.7. The second-order valence-corrected chi connectivity index (χ2v) is 9.24. The van der Waals surface area contributed by atoms with Gasteiger partial charge in [0.1, 0.15) is 10.8 Å². The van der Waals surface area contributed by atoms with Crippen LogP contribution in [0.1, 0.15) is 32.5 Å². The monoisotopic (exact) mass is 483 g/mol. The highest BCUT2D eigenvalue weighted by Gasteiger charge is 2.46. The van der Waals surface area contributed by atoms with Gasteiger partial charge in [0.25, 0.3) is 5.91 Å². The van der Waals surface area contributed by atoms with Crippen molar-refractivity contribution in [1.29, 1.82) is 0 Å². The van der Waals surface area contributed by atoms with Gasteiger partial charge in [-0.3, -0.25) is 19.5 Å². The molecule has 8 heteroatoms. The van der Waals surface area contributed by atoms with Gasteiger partial charge in [-0.05, 0) is 49.2 Å². The average molecular weight is 484 g/mol. The number of aliphatic hydroxyl groups is 1. The molecular weight excluding hydrogens is 462 g/mol. The van der Waals surface area contributed by atoms with Crippen LogP contribution in [-0.4, -0.2) is 31.9 Å². The van der Waals surface area contributed by atoms with E-state index in [0.717, 1.165) is 11.1 Å². The fourth-order valence-corrected chi connectivity index (χ4v) is 5.23. The van der Waals surface area contributed by atoms with E-state index in [1.165, 1.54) is 22.3 Å². The number of aryl methyl sites for hydroxylation is 2. The molecule has 7 nitrogen and oxygen atoms in total. The van der Waals surface area contributed by atoms with Crippen LogP contribution >= 0.6 is 11.3 Å². The van der Waals surface area contributed by atoms with Crippen LogP contribution in [-0.2, 0) is 4.79 Å². The number of thiazole rings is 1. The Morgan fingerprint density at radius 3 is 2.43 bits per heavy atom. The SMILES string of the molecule is Cc1ccc(O)c(N2C(=O)C(O)=C(C(=O)c3sc(-c4ccccc4)nc3C)C2c2ccncc2)c1. The Bertz CT molecular complexity index is 1480. The number of hydrogen-bond donors (Lipinski definition) is 2. The van der Waals surface area contributed by atoms with E-state index in [4.69, 9.17) is 0 Å². The first kappa shape index (κ1) is 22.5. The fraction of sp³-hybridized carbons (Fsp3) is 0.111. The van der Waals surface area contributed by atoms with Gasteiger partial charge in [0.05, 0.1) is 27.9 Å². The van der Waals surface area contributed by atoms with Crippen LogP contribution in [0.5, 0.6) is 5.75 Å². The molecule has 1 amide bonds. The minimum Gasteiger partial charge on any atom is -0.506 e. The summed E-state index contributed by atoms with van der Waals surface area (Å²) in [5.74, 6) is -2.03. The normalized spacial score (nSPS) is 15.7. The summed E-state index contributed by atoms with van der Waals surface area (Å²) in [4.78, 5) is 37.4. The highest BCUT2D eigenvalue weighted by molar-refractivity contribution is 7.17. The van der Waals surface area contributed by atoms with E-state index in [1.807, 2.05) is 37.3 Å². The minimum atomic E-state index is -0.952. The molecule has 0 aliphatic carbocycles. The molecule has 1 aliphatic heterocycles. The summed E-state index contributed by atoms with van der Waals surface area (Å²) in [6.45, 7) is 3.56. The van der Waals surface area contributed by atoms with Crippen LogP contribution in [0.25, 0.3) is 10.6 Å². The van der Waals surface area contributed by atoms with Gasteiger partial charge in [0.2, 0.25) is 5.78 Å². The lowest BCUT2D eigenvalue weighted by Crippen LogP contribution is -2.31. The van der Waals surface area contributed by atoms with Crippen molar-refractivity contribution in [2.75, 3.05) is 4.90 Å². The smallest absolute Gasteiger partial charge is 0.294 e. The lowest BCUT2D eigenvalue weighted by molar-refractivity contribution is -0.117. The highest BCUT2D eigenvalue weighted by Crippen LogP contribution is 2.45. The van der Waals surface area contributed by atoms with Crippen molar-refractivity contribution >= 4 is 28.7 Å². The Hall–Kier alpha value is -4.30. The number of benzene rings is 2. The number of carbonyl (C=O) groups excluding carboxylic acids is 2. The van der Waals surface area contributed by atoms with E-state index < -0.39 is 23.5 Å². The van der Waals surface area contributed by atoms with Gasteiger partial charge >= 0.3 is 0 Å². The van der Waals surface area contributed by atoms with Gasteiger partial charge in [0, 0.05) is 18.0 Å². The maximum Gasteiger partial charge on any atom is 0.294 e. The molecule has 2 N–H and O–H groups in total. The number of phenols is 1. The number of phenolic OH excluding ortho intramolecular Hbond substituents is 1. The zero-order valence-corrected chi connectivity index (χ0v) is 19.8. The molecule has 1 unspecified atom stereocenters. The zero-order chi connectivity index (χ0) is 24.7. The Labute approximate surface area is 205 Å². The molecule has 0 bridgehead atoms. The molecule has 3 heterocycles. The number of ketones is 1. The predicted octanol–water partition coefficient (Wildman–Crippen LogP) is 5.31. The van der Waals surface area contributed by atoms with Crippen molar-refractivity contribution in [1.82, 2.24) is 9.97 Å². The Morgan fingerprint density at radius 2 is 1.71 bits per heavy atom. The molecule has 1 aliphatic rings. The number of nitrogens with zero attached hydrogens (tertiary/aromatic N) is 3. The van der Waals surface area contributed by atoms with Crippen molar-refractivity contribution in [3.05, 3.63) is 106 Å². The number of hydrogen-bond acceptors (Lipinski definition) is 7. The second-order valence-electron chi connectivity index (χ2n) is 8.24. The summed E-state index contributed by atoms with van der Waals surface area (Å²) in [7, 11) is 0. The fourth-order valence-electron chi connectivity index (χ4n) is 4.21. The van der Waals surface area contributed by atoms with Gasteiger partial charge in [-0.1, -0.05) is 36.4 Å². The number of aliphatic hydroxyl groups excluding tert-OH is 1. The minimum absolute atomic E-state index is 0.0616. The number of amides is 1. The van der Waals surface area contributed by atoms with E-state index in [9.17, 15) is 19.8 Å². The first-order chi connectivity index (χ1) is 16.9. The largest absolute Gasteiger partial charge is 0.506 e. The Balaban J connectivity index is 1.65. The molecule has 35 heavy (non-hydrogen) atoms. The summed E-state index contributed by atoms with van der Waals surface area (Å²) in [6.07, 6.45) is 3.11. The molecule has 5 rings (SSSR count). The number of aromatic nitrogens is 2. The van der Waals surface area contributed by atoms with E-state index in [-0.39, 0.29) is 17.0 Å². The molecule has 0 spiro atoms. The van der Waals surface area contributed by atoms with Crippen molar-refractivity contribution < 1.29 is 19.8 Å². The molecule has 1 atom stereocenters. The molecule has 0 fully saturated rings. The summed E-state index contributed by atoms with van der Waals surface area (Å²) in [5.41, 5.74) is 2.91. The topological polar surface area (TPSA) is 104 Å². The number of pyridine rings is 1. The molecule has 4 aromatic rings. The summed E-state index contributed by atoms with van der Waals surface area (Å²) >= 11 is 1.21. The van der Waals surface area contributed by atoms with Crippen LogP contribution in [0.3, 0.4) is 0 Å². The van der Waals surface area contributed by atoms with Crippen LogP contribution < -0.4 is 4.90 Å². The van der Waals surface area contributed by atoms with E-state index in [0.29, 0.717) is 21.1 Å². The van der Waals surface area contributed by atoms with Crippen molar-refractivity contribution in [2.45, 2.75) is 19.9 Å². The molecule has 0 saturated heterocycles. The Kier molecular flexibility index (Phi) is 5.66. The first-order valence-electron chi connectivity index (χ1n) is 10.9. The molecule has 2 aromatic heterocycles. The van der Waals surface area contributed by atoms with Crippen LogP contribution in [0, 0.1) is 13.8 Å². The van der Waals surface area contributed by atoms with Gasteiger partial charge < -0.3 is 10.2 Å². The Morgan fingerprint density at radius 1 is 1.00 bits per heavy atom. The maximum absolute atomic E-state index is 13.9. The van der Waals surface area contributed by atoms with E-state index in [2.05, 4.69) is 9.97 Å². The predicted molar refractivity (Wildman–Crippen MR) is 134 cm³/mol. The van der Waals surface area contributed by atoms with Crippen molar-refractivity contribution in [3.63, 3.8) is 0 Å².